The minimum Gasteiger partial charge on any atom is -0.456 e. The molecule has 8 heteroatoms. The van der Waals surface area contributed by atoms with Gasteiger partial charge in [-0.05, 0) is 17.1 Å². The van der Waals surface area contributed by atoms with Gasteiger partial charge in [0.1, 0.15) is 24.8 Å². The van der Waals surface area contributed by atoms with Crippen LogP contribution in [0.25, 0.3) is 0 Å². The summed E-state index contributed by atoms with van der Waals surface area (Å²) in [5.74, 6) is -0.0539. The van der Waals surface area contributed by atoms with Crippen molar-refractivity contribution in [2.75, 3.05) is 0 Å². The normalized spacial score (nSPS) is 15.8. The maximum atomic E-state index is 10.6. The van der Waals surface area contributed by atoms with Gasteiger partial charge in [0, 0.05) is 6.92 Å². The van der Waals surface area contributed by atoms with Crippen LogP contribution >= 0.6 is 0 Å². The van der Waals surface area contributed by atoms with E-state index in [1.807, 2.05) is 0 Å². The van der Waals surface area contributed by atoms with E-state index >= 15 is 0 Å². The first-order valence-corrected chi connectivity index (χ1v) is 5.84. The summed E-state index contributed by atoms with van der Waals surface area (Å²) in [6, 6.07) is 4.82. The fourth-order valence-electron chi connectivity index (χ4n) is 1.86. The third-order valence-corrected chi connectivity index (χ3v) is 2.88. The van der Waals surface area contributed by atoms with Gasteiger partial charge in [-0.1, -0.05) is 0 Å². The highest BCUT2D eigenvalue weighted by atomic mass is 16.7. The number of furan rings is 1. The molecular weight excluding hydrogens is 266 g/mol. The summed E-state index contributed by atoms with van der Waals surface area (Å²) in [5.41, 5.74) is 0. The SMILES string of the molecule is CC1(c2ccc(Cn3ccc([N+](=O)[O-])n3)o2)OC=CO1. The van der Waals surface area contributed by atoms with Crippen molar-refractivity contribution in [3.8, 4) is 0 Å². The standard InChI is InChI=1S/C12H11N3O5/c1-12(18-6-7-19-12)10-3-2-9(20-10)8-14-5-4-11(13-14)15(16)17/h2-7H,8H2,1H3. The Labute approximate surface area is 113 Å². The molecule has 0 spiro atoms. The lowest BCUT2D eigenvalue weighted by Crippen LogP contribution is -2.21. The number of rotatable bonds is 4. The van der Waals surface area contributed by atoms with Gasteiger partial charge in [0.15, 0.2) is 5.76 Å². The Morgan fingerprint density at radius 2 is 2.10 bits per heavy atom. The van der Waals surface area contributed by atoms with E-state index in [1.54, 1.807) is 19.1 Å². The molecule has 0 radical (unpaired) electrons. The zero-order chi connectivity index (χ0) is 14.2. The summed E-state index contributed by atoms with van der Waals surface area (Å²) < 4.78 is 17.7. The number of hydrogen-bond acceptors (Lipinski definition) is 6. The van der Waals surface area contributed by atoms with E-state index in [1.165, 1.54) is 29.5 Å². The first kappa shape index (κ1) is 12.3. The van der Waals surface area contributed by atoms with Gasteiger partial charge in [0.2, 0.25) is 0 Å². The van der Waals surface area contributed by atoms with Crippen molar-refractivity contribution in [1.82, 2.24) is 9.78 Å². The maximum absolute atomic E-state index is 10.6. The molecule has 0 unspecified atom stereocenters. The minimum atomic E-state index is -0.964. The summed E-state index contributed by atoms with van der Waals surface area (Å²) in [4.78, 5) is 10.0. The quantitative estimate of drug-likeness (QED) is 0.627. The molecule has 3 heterocycles. The number of nitro groups is 1. The minimum absolute atomic E-state index is 0.199. The van der Waals surface area contributed by atoms with Crippen molar-refractivity contribution in [1.29, 1.82) is 0 Å². The Morgan fingerprint density at radius 1 is 1.35 bits per heavy atom. The van der Waals surface area contributed by atoms with E-state index < -0.39 is 10.7 Å². The van der Waals surface area contributed by atoms with Gasteiger partial charge >= 0.3 is 11.6 Å². The highest BCUT2D eigenvalue weighted by Gasteiger charge is 2.35. The molecule has 8 nitrogen and oxygen atoms in total. The fourth-order valence-corrected chi connectivity index (χ4v) is 1.86. The summed E-state index contributed by atoms with van der Waals surface area (Å²) in [7, 11) is 0. The monoisotopic (exact) mass is 277 g/mol. The van der Waals surface area contributed by atoms with Crippen molar-refractivity contribution in [2.45, 2.75) is 19.3 Å². The van der Waals surface area contributed by atoms with Crippen LogP contribution in [-0.4, -0.2) is 14.7 Å². The van der Waals surface area contributed by atoms with Gasteiger partial charge in [-0.25, -0.2) is 0 Å². The molecule has 0 atom stereocenters. The largest absolute Gasteiger partial charge is 0.456 e. The molecule has 0 amide bonds. The molecule has 3 rings (SSSR count). The topological polar surface area (TPSA) is 92.6 Å². The molecule has 0 aliphatic carbocycles. The lowest BCUT2D eigenvalue weighted by Gasteiger charge is -2.19. The third kappa shape index (κ3) is 2.11. The van der Waals surface area contributed by atoms with Gasteiger partial charge in [-0.15, -0.1) is 0 Å². The van der Waals surface area contributed by atoms with E-state index in [0.29, 0.717) is 11.5 Å². The van der Waals surface area contributed by atoms with E-state index in [-0.39, 0.29) is 12.4 Å². The lowest BCUT2D eigenvalue weighted by atomic mass is 10.2. The Hall–Kier alpha value is -2.77. The predicted octanol–water partition coefficient (Wildman–Crippen LogP) is 2.12. The smallest absolute Gasteiger partial charge is 0.389 e. The lowest BCUT2D eigenvalue weighted by molar-refractivity contribution is -0.389. The van der Waals surface area contributed by atoms with Crippen LogP contribution in [0, 0.1) is 10.1 Å². The van der Waals surface area contributed by atoms with Gasteiger partial charge < -0.3 is 24.0 Å². The van der Waals surface area contributed by atoms with Gasteiger partial charge in [-0.3, -0.25) is 0 Å². The highest BCUT2D eigenvalue weighted by molar-refractivity contribution is 5.16. The Balaban J connectivity index is 1.75. The first-order chi connectivity index (χ1) is 9.57. The molecule has 0 fully saturated rings. The second-order valence-corrected chi connectivity index (χ2v) is 4.35. The third-order valence-electron chi connectivity index (χ3n) is 2.88. The van der Waals surface area contributed by atoms with Crippen LogP contribution in [0.5, 0.6) is 0 Å². The zero-order valence-electron chi connectivity index (χ0n) is 10.6. The Kier molecular flexibility index (Phi) is 2.70. The van der Waals surface area contributed by atoms with Gasteiger partial charge in [0.25, 0.3) is 0 Å². The maximum Gasteiger partial charge on any atom is 0.389 e. The second kappa shape index (κ2) is 4.41. The molecule has 0 saturated heterocycles. The summed E-state index contributed by atoms with van der Waals surface area (Å²) in [6.45, 7) is 2.02. The van der Waals surface area contributed by atoms with Crippen molar-refractivity contribution in [3.05, 3.63) is 58.6 Å². The summed E-state index contributed by atoms with van der Waals surface area (Å²) in [5, 5.41) is 14.4. The average molecular weight is 277 g/mol. The average Bonchev–Trinajstić information content (AvgIpc) is 3.10. The molecule has 2 aromatic heterocycles. The van der Waals surface area contributed by atoms with Gasteiger partial charge in [0.05, 0.1) is 17.4 Å². The number of ether oxygens (including phenoxy) is 2. The van der Waals surface area contributed by atoms with Crippen LogP contribution in [0.15, 0.2) is 41.3 Å². The molecule has 1 aliphatic rings. The predicted molar refractivity (Wildman–Crippen MR) is 65.4 cm³/mol. The van der Waals surface area contributed by atoms with Gasteiger partial charge in [-0.2, -0.15) is 4.68 Å². The Morgan fingerprint density at radius 3 is 2.75 bits per heavy atom. The van der Waals surface area contributed by atoms with Crippen LogP contribution in [0.2, 0.25) is 0 Å². The molecule has 2 aromatic rings. The fraction of sp³-hybridized carbons (Fsp3) is 0.250. The van der Waals surface area contributed by atoms with E-state index in [4.69, 9.17) is 13.9 Å². The van der Waals surface area contributed by atoms with E-state index in [9.17, 15) is 10.1 Å². The molecule has 104 valence electrons. The van der Waals surface area contributed by atoms with E-state index in [0.717, 1.165) is 0 Å². The van der Waals surface area contributed by atoms with Crippen LogP contribution in [0.1, 0.15) is 18.4 Å². The first-order valence-electron chi connectivity index (χ1n) is 5.84. The molecule has 20 heavy (non-hydrogen) atoms. The number of nitrogens with zero attached hydrogens (tertiary/aromatic N) is 3. The molecule has 1 aliphatic heterocycles. The van der Waals surface area contributed by atoms with Crippen molar-refractivity contribution in [2.24, 2.45) is 0 Å². The molecular formula is C12H11N3O5. The second-order valence-electron chi connectivity index (χ2n) is 4.35. The summed E-state index contributed by atoms with van der Waals surface area (Å²) in [6.07, 6.45) is 4.41. The molecule has 0 bridgehead atoms. The molecule has 0 aromatic carbocycles. The number of hydrogen-bond donors (Lipinski definition) is 0. The van der Waals surface area contributed by atoms with Crippen LogP contribution < -0.4 is 0 Å². The Bertz CT molecular complexity index is 664. The summed E-state index contributed by atoms with van der Waals surface area (Å²) >= 11 is 0. The van der Waals surface area contributed by atoms with Crippen LogP contribution in [0.3, 0.4) is 0 Å². The van der Waals surface area contributed by atoms with E-state index in [2.05, 4.69) is 5.10 Å². The zero-order valence-corrected chi connectivity index (χ0v) is 10.6. The van der Waals surface area contributed by atoms with Crippen molar-refractivity contribution < 1.29 is 18.8 Å². The van der Waals surface area contributed by atoms with Crippen LogP contribution in [-0.2, 0) is 21.8 Å². The van der Waals surface area contributed by atoms with Crippen molar-refractivity contribution in [3.63, 3.8) is 0 Å². The number of aromatic nitrogens is 2. The van der Waals surface area contributed by atoms with Crippen LogP contribution in [0.4, 0.5) is 5.82 Å². The molecule has 0 saturated carbocycles. The highest BCUT2D eigenvalue weighted by Crippen LogP contribution is 2.32. The van der Waals surface area contributed by atoms with Crippen molar-refractivity contribution >= 4 is 5.82 Å². The molecule has 0 N–H and O–H groups in total.